The zero-order chi connectivity index (χ0) is 14.0. The van der Waals surface area contributed by atoms with Gasteiger partial charge in [0.2, 0.25) is 0 Å². The van der Waals surface area contributed by atoms with E-state index in [1.807, 2.05) is 0 Å². The maximum Gasteiger partial charge on any atom is 0.0750 e. The van der Waals surface area contributed by atoms with E-state index in [4.69, 9.17) is 4.74 Å². The van der Waals surface area contributed by atoms with Crippen molar-refractivity contribution < 1.29 is 4.74 Å². The van der Waals surface area contributed by atoms with Gasteiger partial charge in [-0.05, 0) is 37.8 Å². The third-order valence-corrected chi connectivity index (χ3v) is 4.81. The minimum atomic E-state index is 0.178. The fraction of sp³-hybridized carbons (Fsp3) is 0.647. The number of hydrogen-bond acceptors (Lipinski definition) is 3. The number of hydrogen-bond donors (Lipinski definition) is 1. The standard InChI is InChI=1S/C17H26N2O/c1-3-17(2)13-19(12-15-8-6-10-20-15)16-9-5-4-7-14(16)11-18-17/h4-5,7,9,15,18H,3,6,8,10-13H2,1-2H3. The molecular formula is C17H26N2O. The molecule has 0 amide bonds. The molecular weight excluding hydrogens is 248 g/mol. The van der Waals surface area contributed by atoms with E-state index in [1.165, 1.54) is 24.1 Å². The molecule has 2 atom stereocenters. The molecule has 0 aliphatic carbocycles. The molecule has 20 heavy (non-hydrogen) atoms. The molecule has 2 heterocycles. The summed E-state index contributed by atoms with van der Waals surface area (Å²) >= 11 is 0. The highest BCUT2D eigenvalue weighted by Gasteiger charge is 2.31. The van der Waals surface area contributed by atoms with Gasteiger partial charge < -0.3 is 15.0 Å². The molecule has 1 aromatic rings. The second kappa shape index (κ2) is 5.74. The number of nitrogens with zero attached hydrogens (tertiary/aromatic N) is 1. The molecule has 110 valence electrons. The predicted molar refractivity (Wildman–Crippen MR) is 83.2 cm³/mol. The van der Waals surface area contributed by atoms with E-state index < -0.39 is 0 Å². The molecule has 3 nitrogen and oxygen atoms in total. The molecule has 3 heteroatoms. The second-order valence-corrected chi connectivity index (χ2v) is 6.41. The van der Waals surface area contributed by atoms with Crippen molar-refractivity contribution in [3.63, 3.8) is 0 Å². The third kappa shape index (κ3) is 2.84. The predicted octanol–water partition coefficient (Wildman–Crippen LogP) is 2.94. The van der Waals surface area contributed by atoms with E-state index in [0.717, 1.165) is 32.7 Å². The van der Waals surface area contributed by atoms with Gasteiger partial charge in [0.05, 0.1) is 6.10 Å². The first kappa shape index (κ1) is 13.9. The molecule has 2 unspecified atom stereocenters. The number of benzene rings is 1. The van der Waals surface area contributed by atoms with Crippen molar-refractivity contribution in [2.75, 3.05) is 24.6 Å². The summed E-state index contributed by atoms with van der Waals surface area (Å²) in [5.41, 5.74) is 2.97. The van der Waals surface area contributed by atoms with Crippen LogP contribution in [0.5, 0.6) is 0 Å². The Labute approximate surface area is 122 Å². The molecule has 0 bridgehead atoms. The first-order chi connectivity index (χ1) is 9.70. The Morgan fingerprint density at radius 2 is 2.25 bits per heavy atom. The Kier molecular flexibility index (Phi) is 3.99. The molecule has 1 aromatic carbocycles. The lowest BCUT2D eigenvalue weighted by molar-refractivity contribution is 0.114. The molecule has 1 fully saturated rings. The van der Waals surface area contributed by atoms with Crippen LogP contribution in [0.4, 0.5) is 5.69 Å². The van der Waals surface area contributed by atoms with Gasteiger partial charge in [-0.1, -0.05) is 25.1 Å². The van der Waals surface area contributed by atoms with Gasteiger partial charge in [0, 0.05) is 37.5 Å². The van der Waals surface area contributed by atoms with Crippen LogP contribution in [0.25, 0.3) is 0 Å². The fourth-order valence-electron chi connectivity index (χ4n) is 3.27. The van der Waals surface area contributed by atoms with Crippen molar-refractivity contribution in [3.8, 4) is 0 Å². The van der Waals surface area contributed by atoms with Crippen LogP contribution in [-0.2, 0) is 11.3 Å². The first-order valence-corrected chi connectivity index (χ1v) is 7.90. The summed E-state index contributed by atoms with van der Waals surface area (Å²) in [6, 6.07) is 8.79. The lowest BCUT2D eigenvalue weighted by Crippen LogP contribution is -2.50. The van der Waals surface area contributed by atoms with Gasteiger partial charge >= 0.3 is 0 Å². The second-order valence-electron chi connectivity index (χ2n) is 6.41. The summed E-state index contributed by atoms with van der Waals surface area (Å²) < 4.78 is 5.85. The quantitative estimate of drug-likeness (QED) is 0.917. The lowest BCUT2D eigenvalue weighted by Gasteiger charge is -2.35. The summed E-state index contributed by atoms with van der Waals surface area (Å²) in [6.45, 7) is 8.58. The number of nitrogens with one attached hydrogen (secondary N) is 1. The fourth-order valence-corrected chi connectivity index (χ4v) is 3.27. The van der Waals surface area contributed by atoms with Crippen LogP contribution in [0.3, 0.4) is 0 Å². The lowest BCUT2D eigenvalue weighted by atomic mass is 9.98. The number of rotatable bonds is 3. The van der Waals surface area contributed by atoms with E-state index in [1.54, 1.807) is 0 Å². The van der Waals surface area contributed by atoms with Gasteiger partial charge in [-0.25, -0.2) is 0 Å². The zero-order valence-corrected chi connectivity index (χ0v) is 12.7. The zero-order valence-electron chi connectivity index (χ0n) is 12.7. The van der Waals surface area contributed by atoms with Crippen LogP contribution in [0, 0.1) is 0 Å². The largest absolute Gasteiger partial charge is 0.376 e. The van der Waals surface area contributed by atoms with E-state index in [9.17, 15) is 0 Å². The minimum Gasteiger partial charge on any atom is -0.376 e. The number of fused-ring (bicyclic) bond motifs is 1. The highest BCUT2D eigenvalue weighted by molar-refractivity contribution is 5.55. The Morgan fingerprint density at radius 3 is 3.00 bits per heavy atom. The molecule has 2 aliphatic rings. The first-order valence-electron chi connectivity index (χ1n) is 7.90. The highest BCUT2D eigenvalue weighted by Crippen LogP contribution is 2.29. The topological polar surface area (TPSA) is 24.5 Å². The van der Waals surface area contributed by atoms with Gasteiger partial charge in [-0.3, -0.25) is 0 Å². The number of para-hydroxylation sites is 1. The Morgan fingerprint density at radius 1 is 1.40 bits per heavy atom. The van der Waals surface area contributed by atoms with Crippen LogP contribution in [0.2, 0.25) is 0 Å². The van der Waals surface area contributed by atoms with Gasteiger partial charge in [0.1, 0.15) is 0 Å². The summed E-state index contributed by atoms with van der Waals surface area (Å²) in [5.74, 6) is 0. The van der Waals surface area contributed by atoms with E-state index in [-0.39, 0.29) is 5.54 Å². The highest BCUT2D eigenvalue weighted by atomic mass is 16.5. The van der Waals surface area contributed by atoms with Crippen molar-refractivity contribution >= 4 is 5.69 Å². The third-order valence-electron chi connectivity index (χ3n) is 4.81. The van der Waals surface area contributed by atoms with E-state index >= 15 is 0 Å². The smallest absolute Gasteiger partial charge is 0.0750 e. The average molecular weight is 274 g/mol. The summed E-state index contributed by atoms with van der Waals surface area (Å²) in [5, 5.41) is 3.74. The van der Waals surface area contributed by atoms with Crippen molar-refractivity contribution in [1.82, 2.24) is 5.32 Å². The van der Waals surface area contributed by atoms with Crippen molar-refractivity contribution in [1.29, 1.82) is 0 Å². The van der Waals surface area contributed by atoms with E-state index in [0.29, 0.717) is 6.10 Å². The van der Waals surface area contributed by atoms with Crippen LogP contribution in [0.1, 0.15) is 38.7 Å². The maximum absolute atomic E-state index is 5.85. The molecule has 0 aromatic heterocycles. The molecule has 3 rings (SSSR count). The van der Waals surface area contributed by atoms with Crippen LogP contribution in [-0.4, -0.2) is 31.3 Å². The Bertz CT molecular complexity index is 456. The summed E-state index contributed by atoms with van der Waals surface area (Å²) in [6.07, 6.45) is 3.96. The minimum absolute atomic E-state index is 0.178. The Balaban J connectivity index is 1.86. The van der Waals surface area contributed by atoms with Crippen LogP contribution in [0.15, 0.2) is 24.3 Å². The van der Waals surface area contributed by atoms with E-state index in [2.05, 4.69) is 48.3 Å². The molecule has 1 N–H and O–H groups in total. The molecule has 0 spiro atoms. The van der Waals surface area contributed by atoms with Crippen molar-refractivity contribution in [3.05, 3.63) is 29.8 Å². The van der Waals surface area contributed by atoms with Gasteiger partial charge in [0.15, 0.2) is 0 Å². The molecule has 0 saturated carbocycles. The maximum atomic E-state index is 5.85. The van der Waals surface area contributed by atoms with Gasteiger partial charge in [-0.2, -0.15) is 0 Å². The van der Waals surface area contributed by atoms with Crippen molar-refractivity contribution in [2.45, 2.75) is 51.3 Å². The number of ether oxygens (including phenoxy) is 1. The average Bonchev–Trinajstić information content (AvgIpc) is 2.93. The van der Waals surface area contributed by atoms with Crippen LogP contribution >= 0.6 is 0 Å². The monoisotopic (exact) mass is 274 g/mol. The van der Waals surface area contributed by atoms with Crippen LogP contribution < -0.4 is 10.2 Å². The van der Waals surface area contributed by atoms with Gasteiger partial charge in [0.25, 0.3) is 0 Å². The SMILES string of the molecule is CCC1(C)CN(CC2CCCO2)c2ccccc2CN1. The normalized spacial score (nSPS) is 30.1. The van der Waals surface area contributed by atoms with Crippen molar-refractivity contribution in [2.24, 2.45) is 0 Å². The van der Waals surface area contributed by atoms with Gasteiger partial charge in [-0.15, -0.1) is 0 Å². The Hall–Kier alpha value is -1.06. The summed E-state index contributed by atoms with van der Waals surface area (Å²) in [7, 11) is 0. The number of anilines is 1. The molecule has 0 radical (unpaired) electrons. The summed E-state index contributed by atoms with van der Waals surface area (Å²) in [4.78, 5) is 2.54. The molecule has 1 saturated heterocycles. The molecule has 2 aliphatic heterocycles.